The highest BCUT2D eigenvalue weighted by Gasteiger charge is 2.10. The molecule has 1 aliphatic heterocycles. The van der Waals surface area contributed by atoms with Crippen LogP contribution in [0.25, 0.3) is 0 Å². The zero-order chi connectivity index (χ0) is 5.82. The van der Waals surface area contributed by atoms with Crippen LogP contribution in [-0.2, 0) is 9.47 Å². The molecule has 1 heterocycles. The van der Waals surface area contributed by atoms with Crippen LogP contribution in [0.3, 0.4) is 0 Å². The molecule has 0 aromatic heterocycles. The highest BCUT2D eigenvalue weighted by Crippen LogP contribution is 2.00. The quantitative estimate of drug-likeness (QED) is 0.422. The number of hydrogen-bond donors (Lipinski definition) is 0. The summed E-state index contributed by atoms with van der Waals surface area (Å²) in [4.78, 5) is 0. The minimum Gasteiger partial charge on any atom is -0.340 e. The summed E-state index contributed by atoms with van der Waals surface area (Å²) < 4.78 is 10.00. The van der Waals surface area contributed by atoms with Gasteiger partial charge in [-0.3, -0.25) is 0 Å². The van der Waals surface area contributed by atoms with Crippen LogP contribution < -0.4 is 0 Å². The van der Waals surface area contributed by atoms with Gasteiger partial charge >= 0.3 is 0 Å². The van der Waals surface area contributed by atoms with Gasteiger partial charge in [-0.05, 0) is 12.8 Å². The fourth-order valence-corrected chi connectivity index (χ4v) is 0.560. The zero-order valence-corrected chi connectivity index (χ0v) is 4.81. The van der Waals surface area contributed by atoms with Gasteiger partial charge in [-0.15, -0.1) is 5.92 Å². The molecule has 0 amide bonds. The standard InChI is InChI=1S/C6H8O2/c1-2-3-6-7-4-5-8-6/h6H,4-5H2,1H3. The van der Waals surface area contributed by atoms with E-state index in [9.17, 15) is 0 Å². The molecular weight excluding hydrogens is 104 g/mol. The first kappa shape index (κ1) is 5.61. The average Bonchev–Trinajstić information content (AvgIpc) is 2.19. The van der Waals surface area contributed by atoms with Gasteiger partial charge < -0.3 is 9.47 Å². The van der Waals surface area contributed by atoms with Crippen LogP contribution >= 0.6 is 0 Å². The Morgan fingerprint density at radius 1 is 1.38 bits per heavy atom. The van der Waals surface area contributed by atoms with E-state index >= 15 is 0 Å². The molecule has 0 N–H and O–H groups in total. The summed E-state index contributed by atoms with van der Waals surface area (Å²) in [7, 11) is 0. The summed E-state index contributed by atoms with van der Waals surface area (Å²) >= 11 is 0. The topological polar surface area (TPSA) is 18.5 Å². The van der Waals surface area contributed by atoms with Gasteiger partial charge in [0.2, 0.25) is 6.29 Å². The number of hydrogen-bond acceptors (Lipinski definition) is 2. The van der Waals surface area contributed by atoms with Crippen molar-refractivity contribution in [1.82, 2.24) is 0 Å². The van der Waals surface area contributed by atoms with Gasteiger partial charge in [0.25, 0.3) is 0 Å². The zero-order valence-electron chi connectivity index (χ0n) is 4.81. The molecule has 1 aliphatic rings. The lowest BCUT2D eigenvalue weighted by Crippen LogP contribution is -2.01. The third kappa shape index (κ3) is 1.22. The van der Waals surface area contributed by atoms with E-state index in [2.05, 4.69) is 11.8 Å². The Morgan fingerprint density at radius 2 is 2.00 bits per heavy atom. The second-order valence-electron chi connectivity index (χ2n) is 1.47. The summed E-state index contributed by atoms with van der Waals surface area (Å²) in [5.41, 5.74) is 0. The maximum absolute atomic E-state index is 5.00. The molecule has 0 bridgehead atoms. The molecule has 0 unspecified atom stereocenters. The van der Waals surface area contributed by atoms with Crippen molar-refractivity contribution in [3.8, 4) is 11.8 Å². The van der Waals surface area contributed by atoms with Crippen molar-refractivity contribution in [2.45, 2.75) is 13.2 Å². The fourth-order valence-electron chi connectivity index (χ4n) is 0.560. The highest BCUT2D eigenvalue weighted by atomic mass is 16.7. The van der Waals surface area contributed by atoms with Crippen molar-refractivity contribution in [3.05, 3.63) is 0 Å². The summed E-state index contributed by atoms with van der Waals surface area (Å²) in [5, 5.41) is 0. The normalized spacial score (nSPS) is 20.1. The summed E-state index contributed by atoms with van der Waals surface area (Å²) in [6.07, 6.45) is -0.250. The van der Waals surface area contributed by atoms with Gasteiger partial charge in [0.1, 0.15) is 0 Å². The van der Waals surface area contributed by atoms with Crippen molar-refractivity contribution in [1.29, 1.82) is 0 Å². The van der Waals surface area contributed by atoms with Crippen molar-refractivity contribution in [3.63, 3.8) is 0 Å². The minimum absolute atomic E-state index is 0.250. The van der Waals surface area contributed by atoms with Gasteiger partial charge in [-0.2, -0.15) is 0 Å². The van der Waals surface area contributed by atoms with Crippen LogP contribution in [0.15, 0.2) is 0 Å². The molecule has 0 aromatic rings. The van der Waals surface area contributed by atoms with E-state index in [-0.39, 0.29) is 6.29 Å². The van der Waals surface area contributed by atoms with Crippen molar-refractivity contribution in [2.24, 2.45) is 0 Å². The molecular formula is C6H8O2. The van der Waals surface area contributed by atoms with Gasteiger partial charge in [0, 0.05) is 0 Å². The third-order valence-electron chi connectivity index (χ3n) is 0.884. The van der Waals surface area contributed by atoms with E-state index < -0.39 is 0 Å². The maximum atomic E-state index is 5.00. The molecule has 0 aliphatic carbocycles. The van der Waals surface area contributed by atoms with E-state index in [0.717, 1.165) is 0 Å². The molecule has 2 nitrogen and oxygen atoms in total. The van der Waals surface area contributed by atoms with E-state index in [4.69, 9.17) is 9.47 Å². The number of ether oxygens (including phenoxy) is 2. The molecule has 2 heteroatoms. The molecule has 1 saturated heterocycles. The monoisotopic (exact) mass is 112 g/mol. The lowest BCUT2D eigenvalue weighted by atomic mass is 10.6. The first-order valence-corrected chi connectivity index (χ1v) is 2.59. The summed E-state index contributed by atoms with van der Waals surface area (Å²) in [6, 6.07) is 0. The van der Waals surface area contributed by atoms with E-state index in [1.807, 2.05) is 0 Å². The van der Waals surface area contributed by atoms with Crippen LogP contribution in [0.2, 0.25) is 0 Å². The molecule has 0 aromatic carbocycles. The molecule has 8 heavy (non-hydrogen) atoms. The molecule has 0 radical (unpaired) electrons. The Balaban J connectivity index is 2.32. The Bertz CT molecular complexity index is 114. The van der Waals surface area contributed by atoms with Gasteiger partial charge in [0.05, 0.1) is 13.2 Å². The predicted octanol–water partition coefficient (Wildman–Crippen LogP) is 0.383. The Labute approximate surface area is 48.8 Å². The van der Waals surface area contributed by atoms with Crippen LogP contribution in [0, 0.1) is 11.8 Å². The van der Waals surface area contributed by atoms with Crippen molar-refractivity contribution >= 4 is 0 Å². The summed E-state index contributed by atoms with van der Waals surface area (Å²) in [6.45, 7) is 3.13. The second-order valence-corrected chi connectivity index (χ2v) is 1.47. The summed E-state index contributed by atoms with van der Waals surface area (Å²) in [5.74, 6) is 5.46. The van der Waals surface area contributed by atoms with Crippen molar-refractivity contribution in [2.75, 3.05) is 13.2 Å². The van der Waals surface area contributed by atoms with Gasteiger partial charge in [0.15, 0.2) is 0 Å². The van der Waals surface area contributed by atoms with E-state index in [0.29, 0.717) is 13.2 Å². The van der Waals surface area contributed by atoms with Crippen molar-refractivity contribution < 1.29 is 9.47 Å². The Kier molecular flexibility index (Phi) is 1.90. The SMILES string of the molecule is CC#CC1OCCO1. The molecule has 44 valence electrons. The Morgan fingerprint density at radius 3 is 2.50 bits per heavy atom. The van der Waals surface area contributed by atoms with Crippen LogP contribution in [0.5, 0.6) is 0 Å². The van der Waals surface area contributed by atoms with Gasteiger partial charge in [-0.1, -0.05) is 0 Å². The number of rotatable bonds is 0. The molecule has 1 fully saturated rings. The lowest BCUT2D eigenvalue weighted by molar-refractivity contribution is 0.00643. The lowest BCUT2D eigenvalue weighted by Gasteiger charge is -1.95. The largest absolute Gasteiger partial charge is 0.340 e. The third-order valence-corrected chi connectivity index (χ3v) is 0.884. The minimum atomic E-state index is -0.250. The first-order chi connectivity index (χ1) is 3.93. The van der Waals surface area contributed by atoms with Crippen LogP contribution in [0.4, 0.5) is 0 Å². The van der Waals surface area contributed by atoms with Gasteiger partial charge in [-0.25, -0.2) is 0 Å². The van der Waals surface area contributed by atoms with E-state index in [1.165, 1.54) is 0 Å². The highest BCUT2D eigenvalue weighted by molar-refractivity contribution is 4.99. The molecule has 0 spiro atoms. The molecule has 1 rings (SSSR count). The maximum Gasteiger partial charge on any atom is 0.222 e. The average molecular weight is 112 g/mol. The predicted molar refractivity (Wildman–Crippen MR) is 29.1 cm³/mol. The first-order valence-electron chi connectivity index (χ1n) is 2.59. The fraction of sp³-hybridized carbons (Fsp3) is 0.667. The Hall–Kier alpha value is -0.520. The molecule has 0 atom stereocenters. The van der Waals surface area contributed by atoms with Crippen LogP contribution in [0.1, 0.15) is 6.92 Å². The second kappa shape index (κ2) is 2.71. The van der Waals surface area contributed by atoms with E-state index in [1.54, 1.807) is 6.92 Å². The molecule has 0 saturated carbocycles. The smallest absolute Gasteiger partial charge is 0.222 e. The van der Waals surface area contributed by atoms with Crippen LogP contribution in [-0.4, -0.2) is 19.5 Å².